The lowest BCUT2D eigenvalue weighted by atomic mass is 9.62. The van der Waals surface area contributed by atoms with Crippen LogP contribution in [0.4, 0.5) is 0 Å². The van der Waals surface area contributed by atoms with E-state index in [0.29, 0.717) is 0 Å². The molecule has 0 bridgehead atoms. The summed E-state index contributed by atoms with van der Waals surface area (Å²) in [5.41, 5.74) is 10.1. The van der Waals surface area contributed by atoms with Gasteiger partial charge < -0.3 is 0 Å². The van der Waals surface area contributed by atoms with Crippen molar-refractivity contribution in [3.8, 4) is 0 Å². The van der Waals surface area contributed by atoms with Crippen LogP contribution in [0.3, 0.4) is 0 Å². The fraction of sp³-hybridized carbons (Fsp3) is 0.143. The first-order chi connectivity index (χ1) is 14.1. The lowest BCUT2D eigenvalue weighted by Gasteiger charge is -2.39. The Morgan fingerprint density at radius 2 is 1.62 bits per heavy atom. The molecule has 142 valence electrons. The maximum absolute atomic E-state index is 4.59. The van der Waals surface area contributed by atoms with Crippen LogP contribution in [0.1, 0.15) is 45.4 Å². The average Bonchev–Trinajstić information content (AvgIpc) is 2.88. The molecule has 0 aromatic heterocycles. The number of rotatable bonds is 2. The number of halogens is 1. The van der Waals surface area contributed by atoms with Gasteiger partial charge in [0.1, 0.15) is 0 Å². The van der Waals surface area contributed by atoms with Gasteiger partial charge >= 0.3 is 0 Å². The Bertz CT molecular complexity index is 1140. The van der Waals surface area contributed by atoms with E-state index in [-0.39, 0.29) is 11.3 Å². The van der Waals surface area contributed by atoms with E-state index < -0.39 is 0 Å². The standard InChI is InChI=1S/C28H23Br/c1-4-7-24-19(3)23-8-5-6-9-25(23)28(24)26-16-18(2)10-11-20(26)12-13-21-14-15-22(29)17-27(21)28/h4-6,8-17,24H,1,3,7H2,2H3. The minimum absolute atomic E-state index is 0.228. The first-order valence-corrected chi connectivity index (χ1v) is 10.9. The molecule has 2 unspecified atom stereocenters. The molecule has 1 spiro atoms. The second-order valence-electron chi connectivity index (χ2n) is 8.11. The molecule has 2 aliphatic carbocycles. The van der Waals surface area contributed by atoms with Crippen LogP contribution >= 0.6 is 15.9 Å². The number of hydrogen-bond acceptors (Lipinski definition) is 0. The zero-order chi connectivity index (χ0) is 20.2. The first kappa shape index (κ1) is 18.4. The van der Waals surface area contributed by atoms with Gasteiger partial charge in [0.05, 0.1) is 5.41 Å². The Balaban J connectivity index is 2.01. The fourth-order valence-electron chi connectivity index (χ4n) is 5.39. The smallest absolute Gasteiger partial charge is 0.0540 e. The van der Waals surface area contributed by atoms with Gasteiger partial charge in [0.25, 0.3) is 0 Å². The Labute approximate surface area is 181 Å². The van der Waals surface area contributed by atoms with Crippen LogP contribution in [0, 0.1) is 12.8 Å². The van der Waals surface area contributed by atoms with E-state index in [1.807, 2.05) is 0 Å². The minimum Gasteiger partial charge on any atom is -0.103 e. The number of fused-ring (bicyclic) bond motifs is 6. The van der Waals surface area contributed by atoms with Crippen LogP contribution in [-0.2, 0) is 5.41 Å². The van der Waals surface area contributed by atoms with Gasteiger partial charge in [-0.25, -0.2) is 0 Å². The van der Waals surface area contributed by atoms with Crippen molar-refractivity contribution in [1.29, 1.82) is 0 Å². The van der Waals surface area contributed by atoms with Gasteiger partial charge in [0, 0.05) is 10.4 Å². The molecule has 2 aliphatic rings. The van der Waals surface area contributed by atoms with E-state index in [1.165, 1.54) is 44.5 Å². The van der Waals surface area contributed by atoms with Crippen LogP contribution in [0.5, 0.6) is 0 Å². The molecule has 0 nitrogen and oxygen atoms in total. The van der Waals surface area contributed by atoms with Crippen molar-refractivity contribution in [2.24, 2.45) is 5.92 Å². The van der Waals surface area contributed by atoms with Gasteiger partial charge in [0.15, 0.2) is 0 Å². The van der Waals surface area contributed by atoms with Crippen molar-refractivity contribution < 1.29 is 0 Å². The summed E-state index contributed by atoms with van der Waals surface area (Å²) in [6.45, 7) is 10.9. The molecule has 0 amide bonds. The molecule has 3 aromatic rings. The molecular weight excluding hydrogens is 416 g/mol. The van der Waals surface area contributed by atoms with Crippen LogP contribution < -0.4 is 0 Å². The summed E-state index contributed by atoms with van der Waals surface area (Å²) in [7, 11) is 0. The zero-order valence-electron chi connectivity index (χ0n) is 16.6. The van der Waals surface area contributed by atoms with Crippen molar-refractivity contribution in [3.63, 3.8) is 0 Å². The zero-order valence-corrected chi connectivity index (χ0v) is 18.2. The van der Waals surface area contributed by atoms with Crippen molar-refractivity contribution in [3.05, 3.63) is 123 Å². The predicted molar refractivity (Wildman–Crippen MR) is 128 cm³/mol. The summed E-state index contributed by atoms with van der Waals surface area (Å²) in [4.78, 5) is 0. The highest BCUT2D eigenvalue weighted by Crippen LogP contribution is 2.60. The van der Waals surface area contributed by atoms with E-state index in [0.717, 1.165) is 10.9 Å². The summed E-state index contributed by atoms with van der Waals surface area (Å²) < 4.78 is 1.10. The van der Waals surface area contributed by atoms with Gasteiger partial charge in [-0.3, -0.25) is 0 Å². The van der Waals surface area contributed by atoms with E-state index in [1.54, 1.807) is 0 Å². The number of aryl methyl sites for hydroxylation is 1. The quantitative estimate of drug-likeness (QED) is 0.358. The Kier molecular flexibility index (Phi) is 4.26. The number of benzene rings is 3. The average molecular weight is 439 g/mol. The van der Waals surface area contributed by atoms with Crippen LogP contribution in [0.2, 0.25) is 0 Å². The second kappa shape index (κ2) is 6.71. The van der Waals surface area contributed by atoms with Crippen molar-refractivity contribution in [1.82, 2.24) is 0 Å². The van der Waals surface area contributed by atoms with Crippen molar-refractivity contribution >= 4 is 33.7 Å². The maximum Gasteiger partial charge on any atom is 0.0540 e. The molecule has 0 N–H and O–H groups in total. The minimum atomic E-state index is -0.286. The highest BCUT2D eigenvalue weighted by molar-refractivity contribution is 9.10. The van der Waals surface area contributed by atoms with Gasteiger partial charge in [0.2, 0.25) is 0 Å². The van der Waals surface area contributed by atoms with E-state index in [2.05, 4.69) is 115 Å². The number of allylic oxidation sites excluding steroid dienone is 2. The molecule has 0 fully saturated rings. The third-order valence-corrected chi connectivity index (χ3v) is 7.05. The summed E-state index contributed by atoms with van der Waals surface area (Å²) >= 11 is 3.75. The molecule has 5 rings (SSSR count). The van der Waals surface area contributed by atoms with Crippen molar-refractivity contribution in [2.75, 3.05) is 0 Å². The first-order valence-electron chi connectivity index (χ1n) is 10.1. The highest BCUT2D eigenvalue weighted by atomic mass is 79.9. The third-order valence-electron chi connectivity index (χ3n) is 6.56. The molecule has 0 saturated heterocycles. The SMILES string of the molecule is C=CCC1C(=C)c2ccccc2C12c1cc(C)ccc1C=Cc1ccc(Br)cc12. The van der Waals surface area contributed by atoms with E-state index in [9.17, 15) is 0 Å². The molecule has 0 heterocycles. The van der Waals surface area contributed by atoms with E-state index in [4.69, 9.17) is 0 Å². The fourth-order valence-corrected chi connectivity index (χ4v) is 5.75. The van der Waals surface area contributed by atoms with Gasteiger partial charge in [-0.2, -0.15) is 0 Å². The maximum atomic E-state index is 4.59. The van der Waals surface area contributed by atoms with E-state index >= 15 is 0 Å². The normalized spacial score (nSPS) is 21.4. The molecule has 0 radical (unpaired) electrons. The molecule has 29 heavy (non-hydrogen) atoms. The number of hydrogen-bond donors (Lipinski definition) is 0. The third kappa shape index (κ3) is 2.50. The predicted octanol–water partition coefficient (Wildman–Crippen LogP) is 7.79. The van der Waals surface area contributed by atoms with Crippen LogP contribution in [0.25, 0.3) is 17.7 Å². The van der Waals surface area contributed by atoms with Gasteiger partial charge in [-0.15, -0.1) is 6.58 Å². The second-order valence-corrected chi connectivity index (χ2v) is 9.03. The molecule has 0 saturated carbocycles. The Morgan fingerprint density at radius 3 is 2.38 bits per heavy atom. The molecule has 3 aromatic carbocycles. The molecule has 1 heteroatoms. The largest absolute Gasteiger partial charge is 0.103 e. The van der Waals surface area contributed by atoms with Crippen LogP contribution in [0.15, 0.2) is 84.4 Å². The highest BCUT2D eigenvalue weighted by Gasteiger charge is 2.52. The topological polar surface area (TPSA) is 0 Å². The monoisotopic (exact) mass is 438 g/mol. The summed E-state index contributed by atoms with van der Waals surface area (Å²) in [6, 6.07) is 22.3. The Morgan fingerprint density at radius 1 is 0.931 bits per heavy atom. The van der Waals surface area contributed by atoms with Crippen LogP contribution in [-0.4, -0.2) is 0 Å². The van der Waals surface area contributed by atoms with Crippen molar-refractivity contribution in [2.45, 2.75) is 18.8 Å². The summed E-state index contributed by atoms with van der Waals surface area (Å²) in [5, 5.41) is 0. The summed E-state index contributed by atoms with van der Waals surface area (Å²) in [6.07, 6.45) is 7.46. The van der Waals surface area contributed by atoms with Gasteiger partial charge in [-0.05, 0) is 64.4 Å². The Hall–Kier alpha value is -2.64. The van der Waals surface area contributed by atoms with Gasteiger partial charge in [-0.1, -0.05) is 94.8 Å². The molecular formula is C28H23Br. The lowest BCUT2D eigenvalue weighted by molar-refractivity contribution is 0.486. The lowest BCUT2D eigenvalue weighted by Crippen LogP contribution is -2.35. The molecule has 0 aliphatic heterocycles. The molecule has 2 atom stereocenters. The summed E-state index contributed by atoms with van der Waals surface area (Å²) in [5.74, 6) is 0.228.